The summed E-state index contributed by atoms with van der Waals surface area (Å²) in [6.45, 7) is 11.7. The molecule has 6 heteroatoms. The van der Waals surface area contributed by atoms with Gasteiger partial charge in [-0.05, 0) is 58.7 Å². The normalized spacial score (nSPS) is 17.0. The maximum atomic E-state index is 12.4. The molecule has 1 aromatic rings. The van der Waals surface area contributed by atoms with Crippen LogP contribution >= 0.6 is 0 Å². The lowest BCUT2D eigenvalue weighted by molar-refractivity contribution is -0.156. The molecule has 1 heterocycles. The van der Waals surface area contributed by atoms with Gasteiger partial charge in [0.2, 0.25) is 5.91 Å². The Labute approximate surface area is 161 Å². The number of ether oxygens (including phenoxy) is 1. The molecule has 0 bridgehead atoms. The molecule has 0 saturated carbocycles. The van der Waals surface area contributed by atoms with Crippen LogP contribution in [0.1, 0.15) is 45.2 Å². The van der Waals surface area contributed by atoms with Crippen molar-refractivity contribution in [3.8, 4) is 0 Å². The third-order valence-corrected chi connectivity index (χ3v) is 5.06. The number of hydrogen-bond donors (Lipinski definition) is 0. The molecule has 2 rings (SSSR count). The van der Waals surface area contributed by atoms with Crippen LogP contribution in [0.4, 0.5) is 5.69 Å². The van der Waals surface area contributed by atoms with Gasteiger partial charge in [-0.25, -0.2) is 0 Å². The first-order valence-electron chi connectivity index (χ1n) is 9.47. The van der Waals surface area contributed by atoms with Crippen molar-refractivity contribution in [3.05, 3.63) is 29.3 Å². The van der Waals surface area contributed by atoms with Gasteiger partial charge < -0.3 is 14.5 Å². The predicted molar refractivity (Wildman–Crippen MR) is 104 cm³/mol. The first kappa shape index (κ1) is 20.9. The summed E-state index contributed by atoms with van der Waals surface area (Å²) < 4.78 is 5.25. The summed E-state index contributed by atoms with van der Waals surface area (Å²) in [5, 5.41) is 0. The maximum absolute atomic E-state index is 12.4. The van der Waals surface area contributed by atoms with E-state index in [0.29, 0.717) is 0 Å². The monoisotopic (exact) mass is 374 g/mol. The zero-order chi connectivity index (χ0) is 20.3. The maximum Gasteiger partial charge on any atom is 0.311 e. The van der Waals surface area contributed by atoms with Crippen molar-refractivity contribution >= 4 is 23.5 Å². The van der Waals surface area contributed by atoms with E-state index < -0.39 is 11.9 Å². The molecular formula is C21H30N2O4. The van der Waals surface area contributed by atoms with Gasteiger partial charge in [0.1, 0.15) is 0 Å². The minimum absolute atomic E-state index is 0.0315. The van der Waals surface area contributed by atoms with E-state index in [1.54, 1.807) is 9.80 Å². The Kier molecular flexibility index (Phi) is 6.63. The first-order valence-corrected chi connectivity index (χ1v) is 9.47. The average molecular weight is 374 g/mol. The molecule has 0 aromatic heterocycles. The molecule has 0 radical (unpaired) electrons. The largest absolute Gasteiger partial charge is 0.455 e. The molecule has 1 aromatic carbocycles. The summed E-state index contributed by atoms with van der Waals surface area (Å²) in [7, 11) is 0. The third-order valence-electron chi connectivity index (χ3n) is 5.06. The van der Waals surface area contributed by atoms with Crippen molar-refractivity contribution in [2.45, 2.75) is 60.0 Å². The van der Waals surface area contributed by atoms with Crippen molar-refractivity contribution in [2.24, 2.45) is 5.92 Å². The average Bonchev–Trinajstić information content (AvgIpc) is 2.96. The Hall–Kier alpha value is -2.37. The standard InChI is InChI=1S/C21H30N2O4/c1-13(2)23(14(3)4)20(25)12-27-21(26)17-10-19(24)22(11-17)18-9-7-8-15(5)16(18)6/h7-9,13-14,17H,10-12H2,1-6H3/t17-/m0/s1. The number of carbonyl (C=O) groups is 3. The highest BCUT2D eigenvalue weighted by atomic mass is 16.5. The van der Waals surface area contributed by atoms with Gasteiger partial charge in [0.25, 0.3) is 5.91 Å². The van der Waals surface area contributed by atoms with Gasteiger partial charge in [0.05, 0.1) is 5.92 Å². The Morgan fingerprint density at radius 1 is 1.19 bits per heavy atom. The molecule has 0 spiro atoms. The Balaban J connectivity index is 2.00. The fourth-order valence-electron chi connectivity index (χ4n) is 3.62. The van der Waals surface area contributed by atoms with Gasteiger partial charge in [-0.3, -0.25) is 14.4 Å². The quantitative estimate of drug-likeness (QED) is 0.718. The fraction of sp³-hybridized carbons (Fsp3) is 0.571. The fourth-order valence-corrected chi connectivity index (χ4v) is 3.62. The highest BCUT2D eigenvalue weighted by molar-refractivity contribution is 6.00. The van der Waals surface area contributed by atoms with Gasteiger partial charge >= 0.3 is 5.97 Å². The number of carbonyl (C=O) groups excluding carboxylic acids is 3. The van der Waals surface area contributed by atoms with Crippen LogP contribution in [-0.2, 0) is 19.1 Å². The molecule has 1 aliphatic heterocycles. The smallest absolute Gasteiger partial charge is 0.311 e. The van der Waals surface area contributed by atoms with Crippen molar-refractivity contribution in [2.75, 3.05) is 18.1 Å². The highest BCUT2D eigenvalue weighted by Crippen LogP contribution is 2.29. The molecule has 0 unspecified atom stereocenters. The molecule has 2 amide bonds. The van der Waals surface area contributed by atoms with E-state index in [4.69, 9.17) is 4.74 Å². The lowest BCUT2D eigenvalue weighted by Crippen LogP contribution is -2.44. The van der Waals surface area contributed by atoms with Gasteiger partial charge in [0.15, 0.2) is 6.61 Å². The van der Waals surface area contributed by atoms with Crippen molar-refractivity contribution in [1.82, 2.24) is 4.90 Å². The summed E-state index contributed by atoms with van der Waals surface area (Å²) in [5.74, 6) is -1.35. The van der Waals surface area contributed by atoms with Crippen LogP contribution in [0.15, 0.2) is 18.2 Å². The molecule has 6 nitrogen and oxygen atoms in total. The second-order valence-corrected chi connectivity index (χ2v) is 7.72. The number of rotatable bonds is 6. The summed E-state index contributed by atoms with van der Waals surface area (Å²) in [6, 6.07) is 5.85. The van der Waals surface area contributed by atoms with Crippen molar-refractivity contribution < 1.29 is 19.1 Å². The molecule has 1 atom stereocenters. The van der Waals surface area contributed by atoms with Crippen molar-refractivity contribution in [3.63, 3.8) is 0 Å². The van der Waals surface area contributed by atoms with Crippen LogP contribution in [-0.4, -0.2) is 47.9 Å². The minimum Gasteiger partial charge on any atom is -0.455 e. The Morgan fingerprint density at radius 3 is 2.41 bits per heavy atom. The second-order valence-electron chi connectivity index (χ2n) is 7.72. The van der Waals surface area contributed by atoms with Crippen LogP contribution in [0.3, 0.4) is 0 Å². The van der Waals surface area contributed by atoms with Crippen LogP contribution in [0.2, 0.25) is 0 Å². The summed E-state index contributed by atoms with van der Waals surface area (Å²) in [5.41, 5.74) is 2.95. The summed E-state index contributed by atoms with van der Waals surface area (Å²) in [6.07, 6.45) is 0.110. The molecule has 27 heavy (non-hydrogen) atoms. The lowest BCUT2D eigenvalue weighted by Gasteiger charge is -2.30. The van der Waals surface area contributed by atoms with Crippen LogP contribution < -0.4 is 4.90 Å². The van der Waals surface area contributed by atoms with Crippen LogP contribution in [0.25, 0.3) is 0 Å². The molecule has 0 aliphatic carbocycles. The van der Waals surface area contributed by atoms with Gasteiger partial charge in [-0.2, -0.15) is 0 Å². The molecule has 1 saturated heterocycles. The van der Waals surface area contributed by atoms with Gasteiger partial charge in [-0.1, -0.05) is 12.1 Å². The lowest BCUT2D eigenvalue weighted by atomic mass is 10.1. The van der Waals surface area contributed by atoms with E-state index in [0.717, 1.165) is 16.8 Å². The second kappa shape index (κ2) is 8.55. The van der Waals surface area contributed by atoms with Crippen LogP contribution in [0.5, 0.6) is 0 Å². The predicted octanol–water partition coefficient (Wildman–Crippen LogP) is 2.84. The molecule has 148 valence electrons. The molecule has 1 fully saturated rings. The van der Waals surface area contributed by atoms with E-state index in [9.17, 15) is 14.4 Å². The van der Waals surface area contributed by atoms with E-state index in [1.165, 1.54) is 0 Å². The Bertz CT molecular complexity index is 719. The van der Waals surface area contributed by atoms with Gasteiger partial charge in [-0.15, -0.1) is 0 Å². The van der Waals surface area contributed by atoms with Crippen molar-refractivity contribution in [1.29, 1.82) is 0 Å². The van der Waals surface area contributed by atoms with E-state index in [-0.39, 0.29) is 43.5 Å². The summed E-state index contributed by atoms with van der Waals surface area (Å²) in [4.78, 5) is 40.5. The first-order chi connectivity index (χ1) is 12.6. The van der Waals surface area contributed by atoms with E-state index in [1.807, 2.05) is 59.7 Å². The topological polar surface area (TPSA) is 66.9 Å². The zero-order valence-electron chi connectivity index (χ0n) is 17.1. The number of anilines is 1. The minimum atomic E-state index is -0.545. The zero-order valence-corrected chi connectivity index (χ0v) is 17.1. The number of esters is 1. The molecule has 0 N–H and O–H groups in total. The van der Waals surface area contributed by atoms with Crippen LogP contribution in [0, 0.1) is 19.8 Å². The van der Waals surface area contributed by atoms with E-state index >= 15 is 0 Å². The number of amides is 2. The third kappa shape index (κ3) is 4.67. The van der Waals surface area contributed by atoms with Gasteiger partial charge in [0, 0.05) is 30.7 Å². The number of benzene rings is 1. The molecular weight excluding hydrogens is 344 g/mol. The number of aryl methyl sites for hydroxylation is 1. The SMILES string of the molecule is Cc1cccc(N2C[C@@H](C(=O)OCC(=O)N(C(C)C)C(C)C)CC2=O)c1C. The molecule has 1 aliphatic rings. The number of hydrogen-bond acceptors (Lipinski definition) is 4. The highest BCUT2D eigenvalue weighted by Gasteiger charge is 2.37. The summed E-state index contributed by atoms with van der Waals surface area (Å²) >= 11 is 0. The Morgan fingerprint density at radius 2 is 1.81 bits per heavy atom. The van der Waals surface area contributed by atoms with E-state index in [2.05, 4.69) is 0 Å². The number of nitrogens with zero attached hydrogens (tertiary/aromatic N) is 2.